The fourth-order valence-corrected chi connectivity index (χ4v) is 3.87. The van der Waals surface area contributed by atoms with Gasteiger partial charge in [0, 0.05) is 29.8 Å². The van der Waals surface area contributed by atoms with Crippen molar-refractivity contribution in [1.82, 2.24) is 14.6 Å². The Bertz CT molecular complexity index is 1290. The van der Waals surface area contributed by atoms with Gasteiger partial charge in [0.1, 0.15) is 11.9 Å². The van der Waals surface area contributed by atoms with Crippen molar-refractivity contribution in [2.45, 2.75) is 58.7 Å². The Labute approximate surface area is 198 Å². The number of carbonyl (C=O) groups is 1. The number of rotatable bonds is 6. The Morgan fingerprint density at radius 3 is 2.71 bits per heavy atom. The molecule has 1 atom stereocenters. The van der Waals surface area contributed by atoms with E-state index in [0.717, 1.165) is 36.1 Å². The van der Waals surface area contributed by atoms with Crippen molar-refractivity contribution in [1.29, 1.82) is 0 Å². The van der Waals surface area contributed by atoms with Crippen LogP contribution in [0.5, 0.6) is 5.75 Å². The second kappa shape index (κ2) is 8.59. The molecule has 176 valence electrons. The van der Waals surface area contributed by atoms with Gasteiger partial charge in [0.05, 0.1) is 0 Å². The van der Waals surface area contributed by atoms with Crippen LogP contribution in [0.4, 0.5) is 5.95 Å². The van der Waals surface area contributed by atoms with Crippen molar-refractivity contribution in [2.75, 3.05) is 5.32 Å². The van der Waals surface area contributed by atoms with E-state index in [1.807, 2.05) is 70.3 Å². The molecule has 1 saturated carbocycles. The summed E-state index contributed by atoms with van der Waals surface area (Å²) in [6.45, 7) is 7.92. The Hall–Kier alpha value is -3.68. The standard InChI is InChI=1S/C26H29N5O3/c1-16-7-8-17(2)33-24(27-16)26(3,4)34-20-13-11-18(12-14-20)21-6-5-15-31-22(21)28-25(30-31)29-23(32)19-9-10-19/h5-7,11-15,17,19H,8-10H2,1-4H3,(H,29,30,32). The second-order valence-electron chi connectivity index (χ2n) is 9.45. The van der Waals surface area contributed by atoms with Gasteiger partial charge < -0.3 is 9.47 Å². The maximum Gasteiger partial charge on any atom is 0.249 e. The first-order valence-electron chi connectivity index (χ1n) is 11.7. The van der Waals surface area contributed by atoms with E-state index in [1.165, 1.54) is 0 Å². The fraction of sp³-hybridized carbons (Fsp3) is 0.385. The summed E-state index contributed by atoms with van der Waals surface area (Å²) in [7, 11) is 0. The second-order valence-corrected chi connectivity index (χ2v) is 9.45. The number of anilines is 1. The number of fused-ring (bicyclic) bond motifs is 1. The lowest BCUT2D eigenvalue weighted by Gasteiger charge is -2.29. The number of hydrogen-bond donors (Lipinski definition) is 1. The molecule has 3 aromatic rings. The molecule has 8 heteroatoms. The average Bonchev–Trinajstić information content (AvgIpc) is 3.59. The summed E-state index contributed by atoms with van der Waals surface area (Å²) in [5, 5.41) is 7.22. The highest BCUT2D eigenvalue weighted by Crippen LogP contribution is 2.31. The van der Waals surface area contributed by atoms with Crippen LogP contribution < -0.4 is 10.1 Å². The monoisotopic (exact) mass is 459 g/mol. The minimum atomic E-state index is -0.725. The molecule has 3 heterocycles. The molecule has 1 amide bonds. The maximum atomic E-state index is 12.1. The van der Waals surface area contributed by atoms with Crippen LogP contribution in [0.2, 0.25) is 0 Å². The molecule has 1 fully saturated rings. The smallest absolute Gasteiger partial charge is 0.249 e. The molecular weight excluding hydrogens is 430 g/mol. The Kier molecular flexibility index (Phi) is 5.59. The SMILES string of the molecule is CC1=CCC(C)OC(C(C)(C)Oc2ccc(-c3cccn4nc(NC(=O)C5CC5)nc34)cc2)=N1. The van der Waals surface area contributed by atoms with Crippen molar-refractivity contribution in [2.24, 2.45) is 10.9 Å². The number of hydrogen-bond acceptors (Lipinski definition) is 6. The van der Waals surface area contributed by atoms with E-state index in [-0.39, 0.29) is 17.9 Å². The highest BCUT2D eigenvalue weighted by Gasteiger charge is 2.32. The minimum absolute atomic E-state index is 0.0103. The van der Waals surface area contributed by atoms with Gasteiger partial charge in [0.15, 0.2) is 11.2 Å². The van der Waals surface area contributed by atoms with Crippen LogP contribution in [0, 0.1) is 5.92 Å². The lowest BCUT2D eigenvalue weighted by atomic mass is 10.1. The molecule has 8 nitrogen and oxygen atoms in total. The molecule has 5 rings (SSSR count). The Morgan fingerprint density at radius 1 is 1.21 bits per heavy atom. The van der Waals surface area contributed by atoms with Gasteiger partial charge >= 0.3 is 0 Å². The molecule has 0 spiro atoms. The molecule has 2 aliphatic rings. The summed E-state index contributed by atoms with van der Waals surface area (Å²) in [6, 6.07) is 11.7. The van der Waals surface area contributed by atoms with Crippen molar-refractivity contribution < 1.29 is 14.3 Å². The zero-order valence-electron chi connectivity index (χ0n) is 19.9. The number of carbonyl (C=O) groups excluding carboxylic acids is 1. The van der Waals surface area contributed by atoms with Crippen LogP contribution in [0.3, 0.4) is 0 Å². The van der Waals surface area contributed by atoms with Crippen LogP contribution in [0.1, 0.15) is 47.0 Å². The Morgan fingerprint density at radius 2 is 1.97 bits per heavy atom. The van der Waals surface area contributed by atoms with Gasteiger partial charge in [0.25, 0.3) is 0 Å². The molecular formula is C26H29N5O3. The van der Waals surface area contributed by atoms with Crippen LogP contribution >= 0.6 is 0 Å². The summed E-state index contributed by atoms with van der Waals surface area (Å²) in [5.41, 5.74) is 2.77. The van der Waals surface area contributed by atoms with E-state index < -0.39 is 5.60 Å². The van der Waals surface area contributed by atoms with Crippen LogP contribution in [-0.4, -0.2) is 38.1 Å². The van der Waals surface area contributed by atoms with E-state index in [1.54, 1.807) is 4.52 Å². The maximum absolute atomic E-state index is 12.1. The number of aliphatic imine (C=N–C) groups is 1. The quantitative estimate of drug-likeness (QED) is 0.559. The highest BCUT2D eigenvalue weighted by molar-refractivity contribution is 5.93. The average molecular weight is 460 g/mol. The van der Waals surface area contributed by atoms with Gasteiger partial charge in [0.2, 0.25) is 17.8 Å². The topological polar surface area (TPSA) is 90.1 Å². The molecule has 1 aromatic carbocycles. The summed E-state index contributed by atoms with van der Waals surface area (Å²) in [5.74, 6) is 1.70. The predicted octanol–water partition coefficient (Wildman–Crippen LogP) is 5.01. The minimum Gasteiger partial charge on any atom is -0.478 e. The Balaban J connectivity index is 1.36. The first-order valence-corrected chi connectivity index (χ1v) is 11.7. The van der Waals surface area contributed by atoms with Gasteiger partial charge in [-0.25, -0.2) is 9.51 Å². The number of nitrogens with one attached hydrogen (secondary N) is 1. The fourth-order valence-electron chi connectivity index (χ4n) is 3.87. The van der Waals surface area contributed by atoms with Gasteiger partial charge in [-0.3, -0.25) is 10.1 Å². The lowest BCUT2D eigenvalue weighted by molar-refractivity contribution is -0.117. The molecule has 0 bridgehead atoms. The highest BCUT2D eigenvalue weighted by atomic mass is 16.6. The zero-order chi connectivity index (χ0) is 23.9. The summed E-state index contributed by atoms with van der Waals surface area (Å²) < 4.78 is 14.0. The summed E-state index contributed by atoms with van der Waals surface area (Å²) in [6.07, 6.45) is 6.64. The lowest BCUT2D eigenvalue weighted by Crippen LogP contribution is -2.41. The molecule has 34 heavy (non-hydrogen) atoms. The number of nitrogens with zero attached hydrogens (tertiary/aromatic N) is 4. The molecule has 0 saturated heterocycles. The number of allylic oxidation sites excluding steroid dienone is 1. The predicted molar refractivity (Wildman–Crippen MR) is 131 cm³/mol. The number of amides is 1. The normalized spacial score (nSPS) is 18.5. The van der Waals surface area contributed by atoms with Gasteiger partial charge in [-0.15, -0.1) is 5.10 Å². The third-order valence-corrected chi connectivity index (χ3v) is 5.93. The third kappa shape index (κ3) is 4.66. The van der Waals surface area contributed by atoms with Crippen molar-refractivity contribution in [3.8, 4) is 16.9 Å². The zero-order valence-corrected chi connectivity index (χ0v) is 19.9. The number of pyridine rings is 1. The number of aromatic nitrogens is 3. The van der Waals surface area contributed by atoms with E-state index in [2.05, 4.69) is 26.5 Å². The molecule has 1 N–H and O–H groups in total. The summed E-state index contributed by atoms with van der Waals surface area (Å²) in [4.78, 5) is 21.3. The van der Waals surface area contributed by atoms with E-state index in [0.29, 0.717) is 23.2 Å². The van der Waals surface area contributed by atoms with Gasteiger partial charge in [-0.05, 0) is 70.4 Å². The van der Waals surface area contributed by atoms with Crippen LogP contribution in [0.25, 0.3) is 16.8 Å². The molecule has 1 unspecified atom stereocenters. The van der Waals surface area contributed by atoms with Crippen LogP contribution in [0.15, 0.2) is 59.4 Å². The molecule has 1 aliphatic carbocycles. The summed E-state index contributed by atoms with van der Waals surface area (Å²) >= 11 is 0. The number of benzene rings is 1. The first kappa shape index (κ1) is 22.1. The number of ether oxygens (including phenoxy) is 2. The van der Waals surface area contributed by atoms with E-state index in [4.69, 9.17) is 9.47 Å². The largest absolute Gasteiger partial charge is 0.478 e. The molecule has 0 radical (unpaired) electrons. The first-order chi connectivity index (χ1) is 16.3. The van der Waals surface area contributed by atoms with Crippen LogP contribution in [-0.2, 0) is 9.53 Å². The van der Waals surface area contributed by atoms with Crippen molar-refractivity contribution >= 4 is 23.4 Å². The van der Waals surface area contributed by atoms with Gasteiger partial charge in [-0.2, -0.15) is 4.98 Å². The van der Waals surface area contributed by atoms with Crippen molar-refractivity contribution in [3.05, 3.63) is 54.4 Å². The van der Waals surface area contributed by atoms with Crippen molar-refractivity contribution in [3.63, 3.8) is 0 Å². The third-order valence-electron chi connectivity index (χ3n) is 5.93. The van der Waals surface area contributed by atoms with Gasteiger partial charge in [-0.1, -0.05) is 18.2 Å². The van der Waals surface area contributed by atoms with E-state index >= 15 is 0 Å². The molecule has 1 aliphatic heterocycles. The van der Waals surface area contributed by atoms with E-state index in [9.17, 15) is 4.79 Å². The molecule has 2 aromatic heterocycles.